The van der Waals surface area contributed by atoms with E-state index < -0.39 is 35.3 Å². The first kappa shape index (κ1) is 20.4. The fourth-order valence-electron chi connectivity index (χ4n) is 3.64. The van der Waals surface area contributed by atoms with E-state index in [-0.39, 0.29) is 11.4 Å². The molecule has 0 radical (unpaired) electrons. The molecule has 0 aromatic carbocycles. The number of hydrogen-bond donors (Lipinski definition) is 3. The number of ether oxygens (including phenoxy) is 1. The number of aryl methyl sites for hydroxylation is 3. The van der Waals surface area contributed by atoms with Crippen LogP contribution in [0.5, 0.6) is 5.75 Å². The number of fused-ring (bicyclic) bond motifs is 1. The molecule has 0 spiro atoms. The minimum absolute atomic E-state index is 0.140. The van der Waals surface area contributed by atoms with Gasteiger partial charge >= 0.3 is 5.97 Å². The Labute approximate surface area is 165 Å². The molecule has 1 fully saturated rings. The topological polar surface area (TPSA) is 143 Å². The highest BCUT2D eigenvalue weighted by Gasteiger charge is 2.30. The zero-order valence-corrected chi connectivity index (χ0v) is 16.3. The van der Waals surface area contributed by atoms with Crippen LogP contribution in [-0.2, 0) is 16.6 Å². The zero-order chi connectivity index (χ0) is 21.5. The maximum absolute atomic E-state index is 13.1. The number of amides is 2. The van der Waals surface area contributed by atoms with Crippen LogP contribution in [0.15, 0.2) is 4.79 Å². The first-order valence-corrected chi connectivity index (χ1v) is 8.97. The molecule has 2 amide bonds. The zero-order valence-electron chi connectivity index (χ0n) is 16.3. The van der Waals surface area contributed by atoms with Gasteiger partial charge < -0.3 is 25.2 Å². The molecule has 1 saturated heterocycles. The number of carbonyl (C=O) groups is 3. The Morgan fingerprint density at radius 3 is 2.34 bits per heavy atom. The molecule has 0 atom stereocenters. The molecule has 29 heavy (non-hydrogen) atoms. The fourth-order valence-corrected chi connectivity index (χ4v) is 3.64. The summed E-state index contributed by atoms with van der Waals surface area (Å²) < 4.78 is 7.77. The van der Waals surface area contributed by atoms with Crippen LogP contribution >= 0.6 is 0 Å². The van der Waals surface area contributed by atoms with Crippen molar-refractivity contribution in [3.63, 3.8) is 0 Å². The van der Waals surface area contributed by atoms with E-state index in [0.29, 0.717) is 43.1 Å². The Morgan fingerprint density at radius 2 is 1.76 bits per heavy atom. The average Bonchev–Trinajstić information content (AvgIpc) is 2.95. The van der Waals surface area contributed by atoms with Crippen molar-refractivity contribution in [1.29, 1.82) is 0 Å². The van der Waals surface area contributed by atoms with Crippen LogP contribution in [0.3, 0.4) is 0 Å². The third kappa shape index (κ3) is 3.33. The van der Waals surface area contributed by atoms with Crippen molar-refractivity contribution in [3.05, 3.63) is 32.7 Å². The summed E-state index contributed by atoms with van der Waals surface area (Å²) in [6.45, 7) is 4.28. The van der Waals surface area contributed by atoms with Crippen molar-refractivity contribution in [2.45, 2.75) is 13.8 Å². The number of carboxylic acids is 1. The second kappa shape index (κ2) is 7.59. The molecule has 11 heteroatoms. The number of carbonyl (C=O) groups excluding carboxylic acids is 2. The van der Waals surface area contributed by atoms with Gasteiger partial charge in [-0.3, -0.25) is 23.7 Å². The second-order valence-electron chi connectivity index (χ2n) is 6.78. The van der Waals surface area contributed by atoms with Crippen LogP contribution < -0.4 is 10.9 Å². The molecule has 0 aliphatic carbocycles. The third-order valence-electron chi connectivity index (χ3n) is 5.03. The second-order valence-corrected chi connectivity index (χ2v) is 6.78. The van der Waals surface area contributed by atoms with Gasteiger partial charge in [-0.15, -0.1) is 0 Å². The van der Waals surface area contributed by atoms with E-state index in [0.717, 1.165) is 4.68 Å². The predicted octanol–water partition coefficient (Wildman–Crippen LogP) is -0.753. The minimum atomic E-state index is -1.29. The summed E-state index contributed by atoms with van der Waals surface area (Å²) in [7, 11) is 1.40. The molecule has 156 valence electrons. The predicted molar refractivity (Wildman–Crippen MR) is 100 cm³/mol. The summed E-state index contributed by atoms with van der Waals surface area (Å²) in [6, 6.07) is 0. The van der Waals surface area contributed by atoms with Gasteiger partial charge in [0.25, 0.3) is 17.4 Å². The highest BCUT2D eigenvalue weighted by atomic mass is 16.5. The summed E-state index contributed by atoms with van der Waals surface area (Å²) in [5.41, 5.74) is -0.0590. The number of aliphatic carboxylic acids is 1. The number of nitrogens with one attached hydrogen (secondary N) is 1. The van der Waals surface area contributed by atoms with E-state index in [2.05, 4.69) is 5.32 Å². The van der Waals surface area contributed by atoms with Crippen LogP contribution in [-0.4, -0.2) is 74.9 Å². The Bertz CT molecular complexity index is 1080. The van der Waals surface area contributed by atoms with Gasteiger partial charge in [0.2, 0.25) is 0 Å². The van der Waals surface area contributed by atoms with Gasteiger partial charge in [-0.05, 0) is 19.4 Å². The molecule has 3 N–H and O–H groups in total. The molecule has 1 aliphatic heterocycles. The molecule has 3 rings (SSSR count). The number of aromatic hydroxyl groups is 1. The maximum Gasteiger partial charge on any atom is 0.322 e. The molecule has 11 nitrogen and oxygen atoms in total. The molecule has 2 aromatic rings. The van der Waals surface area contributed by atoms with Crippen molar-refractivity contribution in [3.8, 4) is 5.75 Å². The maximum atomic E-state index is 13.1. The van der Waals surface area contributed by atoms with Crippen molar-refractivity contribution in [2.75, 3.05) is 32.8 Å². The van der Waals surface area contributed by atoms with Gasteiger partial charge in [0.15, 0.2) is 5.75 Å². The van der Waals surface area contributed by atoms with E-state index in [4.69, 9.17) is 9.84 Å². The normalized spacial score (nSPS) is 14.2. The Kier molecular flexibility index (Phi) is 5.33. The van der Waals surface area contributed by atoms with Crippen molar-refractivity contribution in [1.82, 2.24) is 19.4 Å². The minimum Gasteiger partial charge on any atom is -0.505 e. The van der Waals surface area contributed by atoms with Crippen LogP contribution in [0, 0.1) is 13.8 Å². The number of aromatic nitrogens is 2. The highest BCUT2D eigenvalue weighted by molar-refractivity contribution is 6.03. The lowest BCUT2D eigenvalue weighted by atomic mass is 10.1. The first-order valence-electron chi connectivity index (χ1n) is 8.97. The number of carboxylic acid groups (broad SMARTS) is 1. The van der Waals surface area contributed by atoms with Crippen LogP contribution in [0.25, 0.3) is 5.52 Å². The number of morpholine rings is 1. The van der Waals surface area contributed by atoms with E-state index in [1.807, 2.05) is 0 Å². The van der Waals surface area contributed by atoms with Gasteiger partial charge in [-0.1, -0.05) is 0 Å². The van der Waals surface area contributed by atoms with E-state index in [9.17, 15) is 24.3 Å². The molecular formula is C18H22N4O7. The highest BCUT2D eigenvalue weighted by Crippen LogP contribution is 2.31. The van der Waals surface area contributed by atoms with Gasteiger partial charge in [-0.2, -0.15) is 0 Å². The lowest BCUT2D eigenvalue weighted by molar-refractivity contribution is -0.135. The quantitative estimate of drug-likeness (QED) is 0.606. The standard InChI is InChI=1S/C18H22N4O7/c1-9-12(18(28)21-4-6-29-7-5-21)10(2)22-14(9)15(25)13(17(27)20(22)3)16(26)19-8-11(23)24/h25H,4-8H2,1-3H3,(H,19,26)(H,23,24). The lowest BCUT2D eigenvalue weighted by Crippen LogP contribution is -2.41. The van der Waals surface area contributed by atoms with Crippen molar-refractivity contribution in [2.24, 2.45) is 7.05 Å². The Hall–Kier alpha value is -3.34. The average molecular weight is 406 g/mol. The van der Waals surface area contributed by atoms with Crippen LogP contribution in [0.1, 0.15) is 32.0 Å². The Morgan fingerprint density at radius 1 is 1.14 bits per heavy atom. The Balaban J connectivity index is 2.19. The fraction of sp³-hybridized carbons (Fsp3) is 0.444. The van der Waals surface area contributed by atoms with Gasteiger partial charge in [0, 0.05) is 20.1 Å². The van der Waals surface area contributed by atoms with Gasteiger partial charge in [-0.25, -0.2) is 4.68 Å². The SMILES string of the molecule is Cc1c(C(=O)N2CCOCC2)c(C)n2c1c(O)c(C(=O)NCC(=O)O)c(=O)n2C. The molecule has 3 heterocycles. The number of nitrogens with zero attached hydrogens (tertiary/aromatic N) is 3. The van der Waals surface area contributed by atoms with Crippen LogP contribution in [0.2, 0.25) is 0 Å². The van der Waals surface area contributed by atoms with E-state index in [1.54, 1.807) is 18.7 Å². The first-order chi connectivity index (χ1) is 13.7. The van der Waals surface area contributed by atoms with Crippen molar-refractivity contribution < 1.29 is 29.3 Å². The summed E-state index contributed by atoms with van der Waals surface area (Å²) in [5, 5.41) is 21.5. The summed E-state index contributed by atoms with van der Waals surface area (Å²) in [6.07, 6.45) is 0. The molecule has 0 unspecified atom stereocenters. The molecule has 1 aliphatic rings. The summed E-state index contributed by atoms with van der Waals surface area (Å²) >= 11 is 0. The van der Waals surface area contributed by atoms with E-state index in [1.165, 1.54) is 11.6 Å². The van der Waals surface area contributed by atoms with Crippen LogP contribution in [0.4, 0.5) is 0 Å². The largest absolute Gasteiger partial charge is 0.505 e. The molecule has 0 bridgehead atoms. The number of hydrogen-bond acceptors (Lipinski definition) is 6. The number of rotatable bonds is 4. The molecule has 0 saturated carbocycles. The third-order valence-corrected chi connectivity index (χ3v) is 5.03. The lowest BCUT2D eigenvalue weighted by Gasteiger charge is -2.27. The van der Waals surface area contributed by atoms with E-state index >= 15 is 0 Å². The molecule has 2 aromatic heterocycles. The smallest absolute Gasteiger partial charge is 0.322 e. The monoisotopic (exact) mass is 406 g/mol. The van der Waals surface area contributed by atoms with Gasteiger partial charge in [0.1, 0.15) is 17.6 Å². The summed E-state index contributed by atoms with van der Waals surface area (Å²) in [5.74, 6) is -3.15. The van der Waals surface area contributed by atoms with Gasteiger partial charge in [0.05, 0.1) is 24.5 Å². The molecular weight excluding hydrogens is 384 g/mol. The van der Waals surface area contributed by atoms with Crippen molar-refractivity contribution >= 4 is 23.3 Å². The summed E-state index contributed by atoms with van der Waals surface area (Å²) in [4.78, 5) is 50.4.